The fourth-order valence-electron chi connectivity index (χ4n) is 2.47. The summed E-state index contributed by atoms with van der Waals surface area (Å²) in [4.78, 5) is 10.9. The van der Waals surface area contributed by atoms with E-state index in [0.29, 0.717) is 23.6 Å². The summed E-state index contributed by atoms with van der Waals surface area (Å²) in [5, 5.41) is 4.02. The van der Waals surface area contributed by atoms with Gasteiger partial charge in [0.1, 0.15) is 0 Å². The number of pyridine rings is 1. The van der Waals surface area contributed by atoms with Gasteiger partial charge in [-0.2, -0.15) is 4.98 Å². The molecule has 0 amide bonds. The molecule has 1 atom stereocenters. The Balaban J connectivity index is 1.72. The van der Waals surface area contributed by atoms with E-state index in [0.717, 1.165) is 18.7 Å². The molecule has 2 aromatic rings. The van der Waals surface area contributed by atoms with E-state index in [4.69, 9.17) is 9.26 Å². The van der Waals surface area contributed by atoms with Gasteiger partial charge in [-0.3, -0.25) is 4.90 Å². The van der Waals surface area contributed by atoms with Crippen molar-refractivity contribution < 1.29 is 9.26 Å². The molecular formula is C14H18N4O2. The summed E-state index contributed by atoms with van der Waals surface area (Å²) in [7, 11) is 1.59. The van der Waals surface area contributed by atoms with Crippen molar-refractivity contribution in [1.29, 1.82) is 0 Å². The maximum Gasteiger partial charge on any atom is 0.241 e. The smallest absolute Gasteiger partial charge is 0.241 e. The Hall–Kier alpha value is -1.95. The highest BCUT2D eigenvalue weighted by molar-refractivity contribution is 5.52. The zero-order valence-corrected chi connectivity index (χ0v) is 11.7. The zero-order chi connectivity index (χ0) is 13.9. The number of hydrogen-bond donors (Lipinski definition) is 0. The lowest BCUT2D eigenvalue weighted by Crippen LogP contribution is -2.26. The normalized spacial score (nSPS) is 19.4. The highest BCUT2D eigenvalue weighted by atomic mass is 16.5. The maximum atomic E-state index is 5.32. The summed E-state index contributed by atoms with van der Waals surface area (Å²) in [5.74, 6) is 1.80. The van der Waals surface area contributed by atoms with Gasteiger partial charge in [-0.05, 0) is 32.4 Å². The average molecular weight is 274 g/mol. The molecule has 1 aliphatic rings. The van der Waals surface area contributed by atoms with Gasteiger partial charge in [0.15, 0.2) is 0 Å². The standard InChI is InChI=1S/C14H18N4O2/c1-10-4-3-7-18(10)9-13-16-14(17-20-13)11-5-6-12(19-2)15-8-11/h5-6,8,10H,3-4,7,9H2,1-2H3. The molecule has 3 heterocycles. The molecule has 106 valence electrons. The minimum Gasteiger partial charge on any atom is -0.481 e. The quantitative estimate of drug-likeness (QED) is 0.851. The van der Waals surface area contributed by atoms with Crippen LogP contribution in [0.2, 0.25) is 0 Å². The topological polar surface area (TPSA) is 64.3 Å². The summed E-state index contributed by atoms with van der Waals surface area (Å²) in [6.07, 6.45) is 4.17. The van der Waals surface area contributed by atoms with Crippen molar-refractivity contribution in [2.75, 3.05) is 13.7 Å². The first-order chi connectivity index (χ1) is 9.76. The van der Waals surface area contributed by atoms with Gasteiger partial charge >= 0.3 is 0 Å². The number of ether oxygens (including phenoxy) is 1. The van der Waals surface area contributed by atoms with Crippen LogP contribution in [0.15, 0.2) is 22.9 Å². The van der Waals surface area contributed by atoms with E-state index in [-0.39, 0.29) is 0 Å². The van der Waals surface area contributed by atoms with Crippen LogP contribution >= 0.6 is 0 Å². The number of nitrogens with zero attached hydrogens (tertiary/aromatic N) is 4. The highest BCUT2D eigenvalue weighted by Gasteiger charge is 2.22. The van der Waals surface area contributed by atoms with Crippen LogP contribution in [0.4, 0.5) is 0 Å². The maximum absolute atomic E-state index is 5.32. The molecule has 0 N–H and O–H groups in total. The molecule has 1 fully saturated rings. The third-order valence-electron chi connectivity index (χ3n) is 3.70. The van der Waals surface area contributed by atoms with Gasteiger partial charge in [-0.1, -0.05) is 5.16 Å². The summed E-state index contributed by atoms with van der Waals surface area (Å²) in [6, 6.07) is 4.25. The average Bonchev–Trinajstić information content (AvgIpc) is 3.10. The molecule has 0 saturated carbocycles. The molecule has 0 radical (unpaired) electrons. The largest absolute Gasteiger partial charge is 0.481 e. The van der Waals surface area contributed by atoms with Crippen LogP contribution in [-0.2, 0) is 6.54 Å². The van der Waals surface area contributed by atoms with Crippen molar-refractivity contribution in [3.63, 3.8) is 0 Å². The van der Waals surface area contributed by atoms with Gasteiger partial charge in [-0.15, -0.1) is 0 Å². The summed E-state index contributed by atoms with van der Waals surface area (Å²) in [5.41, 5.74) is 0.829. The van der Waals surface area contributed by atoms with Gasteiger partial charge in [0, 0.05) is 23.9 Å². The van der Waals surface area contributed by atoms with E-state index in [1.165, 1.54) is 12.8 Å². The van der Waals surface area contributed by atoms with E-state index in [9.17, 15) is 0 Å². The molecule has 0 spiro atoms. The second-order valence-corrected chi connectivity index (χ2v) is 5.06. The zero-order valence-electron chi connectivity index (χ0n) is 11.7. The number of likely N-dealkylation sites (tertiary alicyclic amines) is 1. The van der Waals surface area contributed by atoms with Crippen LogP contribution in [-0.4, -0.2) is 39.7 Å². The summed E-state index contributed by atoms with van der Waals surface area (Å²) >= 11 is 0. The molecule has 0 bridgehead atoms. The lowest BCUT2D eigenvalue weighted by atomic mass is 10.2. The molecule has 2 aromatic heterocycles. The second kappa shape index (κ2) is 5.58. The Labute approximate surface area is 117 Å². The summed E-state index contributed by atoms with van der Waals surface area (Å²) < 4.78 is 10.4. The predicted octanol–water partition coefficient (Wildman–Crippen LogP) is 2.12. The molecule has 1 aliphatic heterocycles. The minimum absolute atomic E-state index is 0.571. The SMILES string of the molecule is COc1ccc(-c2noc(CN3CCCC3C)n2)cn1. The van der Waals surface area contributed by atoms with Crippen molar-refractivity contribution in [3.05, 3.63) is 24.2 Å². The Morgan fingerprint density at radius 1 is 1.45 bits per heavy atom. The molecule has 0 aromatic carbocycles. The van der Waals surface area contributed by atoms with Gasteiger partial charge < -0.3 is 9.26 Å². The number of methoxy groups -OCH3 is 1. The Morgan fingerprint density at radius 3 is 3.00 bits per heavy atom. The Bertz CT molecular complexity index is 567. The molecular weight excluding hydrogens is 256 g/mol. The van der Waals surface area contributed by atoms with Crippen molar-refractivity contribution in [1.82, 2.24) is 20.0 Å². The van der Waals surface area contributed by atoms with E-state index < -0.39 is 0 Å². The first kappa shape index (κ1) is 13.1. The van der Waals surface area contributed by atoms with Gasteiger partial charge in [0.25, 0.3) is 0 Å². The highest BCUT2D eigenvalue weighted by Crippen LogP contribution is 2.21. The van der Waals surface area contributed by atoms with Crippen molar-refractivity contribution in [3.8, 4) is 17.3 Å². The minimum atomic E-state index is 0.571. The van der Waals surface area contributed by atoms with Gasteiger partial charge in [-0.25, -0.2) is 4.98 Å². The number of aromatic nitrogens is 3. The fourth-order valence-corrected chi connectivity index (χ4v) is 2.47. The van der Waals surface area contributed by atoms with E-state index in [1.54, 1.807) is 19.4 Å². The van der Waals surface area contributed by atoms with Gasteiger partial charge in [0.2, 0.25) is 17.6 Å². The van der Waals surface area contributed by atoms with Gasteiger partial charge in [0.05, 0.1) is 13.7 Å². The third-order valence-corrected chi connectivity index (χ3v) is 3.70. The Kier molecular flexibility index (Phi) is 3.64. The number of rotatable bonds is 4. The van der Waals surface area contributed by atoms with E-state index in [2.05, 4.69) is 26.9 Å². The first-order valence-corrected chi connectivity index (χ1v) is 6.83. The lowest BCUT2D eigenvalue weighted by Gasteiger charge is -2.17. The van der Waals surface area contributed by atoms with E-state index in [1.807, 2.05) is 6.07 Å². The molecule has 0 aliphatic carbocycles. The molecule has 20 heavy (non-hydrogen) atoms. The van der Waals surface area contributed by atoms with Crippen LogP contribution < -0.4 is 4.74 Å². The predicted molar refractivity (Wildman–Crippen MR) is 73.2 cm³/mol. The molecule has 1 unspecified atom stereocenters. The second-order valence-electron chi connectivity index (χ2n) is 5.06. The fraction of sp³-hybridized carbons (Fsp3) is 0.500. The van der Waals surface area contributed by atoms with Crippen LogP contribution in [0.5, 0.6) is 5.88 Å². The Morgan fingerprint density at radius 2 is 2.35 bits per heavy atom. The van der Waals surface area contributed by atoms with Crippen LogP contribution in [0.25, 0.3) is 11.4 Å². The van der Waals surface area contributed by atoms with Crippen molar-refractivity contribution >= 4 is 0 Å². The monoisotopic (exact) mass is 274 g/mol. The molecule has 1 saturated heterocycles. The van der Waals surface area contributed by atoms with Crippen LogP contribution in [0.3, 0.4) is 0 Å². The molecule has 6 heteroatoms. The summed E-state index contributed by atoms with van der Waals surface area (Å²) in [6.45, 7) is 4.05. The first-order valence-electron chi connectivity index (χ1n) is 6.83. The van der Waals surface area contributed by atoms with Crippen molar-refractivity contribution in [2.45, 2.75) is 32.4 Å². The van der Waals surface area contributed by atoms with Crippen molar-refractivity contribution in [2.24, 2.45) is 0 Å². The van der Waals surface area contributed by atoms with Crippen LogP contribution in [0.1, 0.15) is 25.7 Å². The van der Waals surface area contributed by atoms with Crippen LogP contribution in [0, 0.1) is 0 Å². The molecule has 6 nitrogen and oxygen atoms in total. The lowest BCUT2D eigenvalue weighted by molar-refractivity contribution is 0.221. The number of hydrogen-bond acceptors (Lipinski definition) is 6. The molecule has 3 rings (SSSR count). The third kappa shape index (κ3) is 2.65. The van der Waals surface area contributed by atoms with E-state index >= 15 is 0 Å².